The molecule has 0 fully saturated rings. The van der Waals surface area contributed by atoms with E-state index in [0.717, 1.165) is 11.6 Å². The van der Waals surface area contributed by atoms with E-state index in [0.29, 0.717) is 12.5 Å². The van der Waals surface area contributed by atoms with Crippen molar-refractivity contribution in [3.63, 3.8) is 0 Å². The number of hydrogen-bond acceptors (Lipinski definition) is 3. The highest BCUT2D eigenvalue weighted by atomic mass is 16.5. The van der Waals surface area contributed by atoms with E-state index in [4.69, 9.17) is 4.74 Å². The quantitative estimate of drug-likeness (QED) is 0.687. The van der Waals surface area contributed by atoms with Gasteiger partial charge in [-0.1, -0.05) is 13.8 Å². The van der Waals surface area contributed by atoms with Gasteiger partial charge in [-0.15, -0.1) is 0 Å². The van der Waals surface area contributed by atoms with Gasteiger partial charge in [-0.3, -0.25) is 0 Å². The van der Waals surface area contributed by atoms with E-state index < -0.39 is 0 Å². The molecule has 0 aromatic carbocycles. The van der Waals surface area contributed by atoms with Crippen molar-refractivity contribution >= 4 is 0 Å². The summed E-state index contributed by atoms with van der Waals surface area (Å²) >= 11 is 0. The molecule has 1 rings (SSSR count). The monoisotopic (exact) mass is 166 g/mol. The minimum absolute atomic E-state index is 0.534. The van der Waals surface area contributed by atoms with Crippen LogP contribution in [0.4, 0.5) is 0 Å². The van der Waals surface area contributed by atoms with Gasteiger partial charge in [0.25, 0.3) is 0 Å². The van der Waals surface area contributed by atoms with Crippen molar-refractivity contribution in [3.8, 4) is 5.75 Å². The lowest BCUT2D eigenvalue weighted by Gasteiger charge is -2.07. The average molecular weight is 166 g/mol. The summed E-state index contributed by atoms with van der Waals surface area (Å²) in [7, 11) is 0. The summed E-state index contributed by atoms with van der Waals surface area (Å²) in [4.78, 5) is 8.04. The molecule has 0 aliphatic rings. The number of nitrogens with zero attached hydrogens (tertiary/aromatic N) is 2. The van der Waals surface area contributed by atoms with Gasteiger partial charge in [-0.2, -0.15) is 0 Å². The maximum absolute atomic E-state index is 5.40. The first-order valence-corrected chi connectivity index (χ1v) is 4.10. The van der Waals surface area contributed by atoms with E-state index in [1.54, 1.807) is 12.4 Å². The molecule has 1 aromatic rings. The SMILES string of the molecule is Cc1ncc(OCC(C)C)cn1. The van der Waals surface area contributed by atoms with Gasteiger partial charge in [-0.05, 0) is 12.8 Å². The summed E-state index contributed by atoms with van der Waals surface area (Å²) in [5, 5.41) is 0. The Morgan fingerprint density at radius 3 is 2.42 bits per heavy atom. The third-order valence-corrected chi connectivity index (χ3v) is 1.34. The molecule has 0 radical (unpaired) electrons. The normalized spacial score (nSPS) is 10.3. The van der Waals surface area contributed by atoms with Crippen LogP contribution in [0, 0.1) is 12.8 Å². The maximum Gasteiger partial charge on any atom is 0.155 e. The predicted octanol–water partition coefficient (Wildman–Crippen LogP) is 1.82. The summed E-state index contributed by atoms with van der Waals surface area (Å²) in [6.45, 7) is 6.78. The van der Waals surface area contributed by atoms with Crippen molar-refractivity contribution in [2.24, 2.45) is 5.92 Å². The second-order valence-corrected chi connectivity index (χ2v) is 3.17. The van der Waals surface area contributed by atoms with Crippen molar-refractivity contribution in [1.82, 2.24) is 9.97 Å². The number of ether oxygens (including phenoxy) is 1. The van der Waals surface area contributed by atoms with Crippen LogP contribution in [0.1, 0.15) is 19.7 Å². The van der Waals surface area contributed by atoms with Crippen molar-refractivity contribution in [2.45, 2.75) is 20.8 Å². The Labute approximate surface area is 72.8 Å². The first-order chi connectivity index (χ1) is 5.68. The molecule has 0 aliphatic carbocycles. The molecule has 0 N–H and O–H groups in total. The highest BCUT2D eigenvalue weighted by molar-refractivity contribution is 5.11. The van der Waals surface area contributed by atoms with Gasteiger partial charge in [0.1, 0.15) is 5.82 Å². The van der Waals surface area contributed by atoms with Crippen molar-refractivity contribution in [2.75, 3.05) is 6.61 Å². The molecule has 0 atom stereocenters. The van der Waals surface area contributed by atoms with Gasteiger partial charge >= 0.3 is 0 Å². The van der Waals surface area contributed by atoms with Gasteiger partial charge < -0.3 is 4.74 Å². The minimum atomic E-state index is 0.534. The second kappa shape index (κ2) is 4.04. The Morgan fingerprint density at radius 2 is 1.92 bits per heavy atom. The summed E-state index contributed by atoms with van der Waals surface area (Å²) in [5.74, 6) is 2.05. The van der Waals surface area contributed by atoms with E-state index >= 15 is 0 Å². The fourth-order valence-corrected chi connectivity index (χ4v) is 0.718. The second-order valence-electron chi connectivity index (χ2n) is 3.17. The van der Waals surface area contributed by atoms with Crippen molar-refractivity contribution in [3.05, 3.63) is 18.2 Å². The molecule has 0 saturated heterocycles. The first kappa shape index (κ1) is 8.97. The Morgan fingerprint density at radius 1 is 1.33 bits per heavy atom. The molecule has 66 valence electrons. The molecule has 3 heteroatoms. The minimum Gasteiger partial charge on any atom is -0.490 e. The zero-order valence-electron chi connectivity index (χ0n) is 7.74. The van der Waals surface area contributed by atoms with Crippen LogP contribution in [0.25, 0.3) is 0 Å². The molecular formula is C9H14N2O. The van der Waals surface area contributed by atoms with Gasteiger partial charge in [0.15, 0.2) is 5.75 Å². The van der Waals surface area contributed by atoms with Crippen LogP contribution in [0.3, 0.4) is 0 Å². The zero-order valence-corrected chi connectivity index (χ0v) is 7.74. The Hall–Kier alpha value is -1.12. The van der Waals surface area contributed by atoms with Crippen LogP contribution < -0.4 is 4.74 Å². The Balaban J connectivity index is 2.48. The third kappa shape index (κ3) is 2.86. The summed E-state index contributed by atoms with van der Waals surface area (Å²) in [6.07, 6.45) is 3.40. The molecule has 1 aromatic heterocycles. The predicted molar refractivity (Wildman–Crippen MR) is 47.1 cm³/mol. The highest BCUT2D eigenvalue weighted by Gasteiger charge is 1.96. The number of aryl methyl sites for hydroxylation is 1. The smallest absolute Gasteiger partial charge is 0.155 e. The fraction of sp³-hybridized carbons (Fsp3) is 0.556. The van der Waals surface area contributed by atoms with Crippen LogP contribution in [0.2, 0.25) is 0 Å². The van der Waals surface area contributed by atoms with E-state index in [2.05, 4.69) is 23.8 Å². The standard InChI is InChI=1S/C9H14N2O/c1-7(2)6-12-9-4-10-8(3)11-5-9/h4-5,7H,6H2,1-3H3. The molecule has 0 amide bonds. The van der Waals surface area contributed by atoms with Crippen LogP contribution in [0.15, 0.2) is 12.4 Å². The largest absolute Gasteiger partial charge is 0.490 e. The highest BCUT2D eigenvalue weighted by Crippen LogP contribution is 2.07. The number of hydrogen-bond donors (Lipinski definition) is 0. The lowest BCUT2D eigenvalue weighted by molar-refractivity contribution is 0.269. The van der Waals surface area contributed by atoms with Crippen molar-refractivity contribution < 1.29 is 4.74 Å². The van der Waals surface area contributed by atoms with E-state index in [-0.39, 0.29) is 0 Å². The van der Waals surface area contributed by atoms with E-state index in [1.807, 2.05) is 6.92 Å². The first-order valence-electron chi connectivity index (χ1n) is 4.10. The third-order valence-electron chi connectivity index (χ3n) is 1.34. The van der Waals surface area contributed by atoms with Crippen LogP contribution >= 0.6 is 0 Å². The maximum atomic E-state index is 5.40. The van der Waals surface area contributed by atoms with E-state index in [1.165, 1.54) is 0 Å². The number of rotatable bonds is 3. The Bertz CT molecular complexity index is 231. The summed E-state index contributed by atoms with van der Waals surface area (Å²) < 4.78 is 5.40. The average Bonchev–Trinajstić information content (AvgIpc) is 2.03. The van der Waals surface area contributed by atoms with Crippen LogP contribution in [-0.2, 0) is 0 Å². The molecule has 0 bridgehead atoms. The molecule has 0 aliphatic heterocycles. The van der Waals surface area contributed by atoms with Crippen LogP contribution in [0.5, 0.6) is 5.75 Å². The molecule has 0 unspecified atom stereocenters. The zero-order chi connectivity index (χ0) is 8.97. The lowest BCUT2D eigenvalue weighted by atomic mass is 10.2. The topological polar surface area (TPSA) is 35.0 Å². The molecular weight excluding hydrogens is 152 g/mol. The summed E-state index contributed by atoms with van der Waals surface area (Å²) in [5.41, 5.74) is 0. The van der Waals surface area contributed by atoms with Crippen LogP contribution in [-0.4, -0.2) is 16.6 Å². The number of aromatic nitrogens is 2. The van der Waals surface area contributed by atoms with Crippen molar-refractivity contribution in [1.29, 1.82) is 0 Å². The van der Waals surface area contributed by atoms with Gasteiger partial charge in [0, 0.05) is 0 Å². The lowest BCUT2D eigenvalue weighted by Crippen LogP contribution is -2.05. The molecule has 3 nitrogen and oxygen atoms in total. The fourth-order valence-electron chi connectivity index (χ4n) is 0.718. The van der Waals surface area contributed by atoms with Gasteiger partial charge in [0.2, 0.25) is 0 Å². The Kier molecular flexibility index (Phi) is 3.02. The molecule has 0 saturated carbocycles. The van der Waals surface area contributed by atoms with Gasteiger partial charge in [-0.25, -0.2) is 9.97 Å². The van der Waals surface area contributed by atoms with Gasteiger partial charge in [0.05, 0.1) is 19.0 Å². The molecule has 0 spiro atoms. The molecule has 12 heavy (non-hydrogen) atoms. The molecule has 1 heterocycles. The van der Waals surface area contributed by atoms with E-state index in [9.17, 15) is 0 Å². The summed E-state index contributed by atoms with van der Waals surface area (Å²) in [6, 6.07) is 0.